The summed E-state index contributed by atoms with van der Waals surface area (Å²) in [4.78, 5) is 41.7. The molecule has 0 saturated heterocycles. The minimum absolute atomic E-state index is 0.0390. The van der Waals surface area contributed by atoms with E-state index < -0.39 is 35.0 Å². The summed E-state index contributed by atoms with van der Waals surface area (Å²) in [6, 6.07) is 3.92. The molecule has 3 N–H and O–H groups in total. The zero-order valence-corrected chi connectivity index (χ0v) is 22.5. The van der Waals surface area contributed by atoms with Crippen molar-refractivity contribution in [3.63, 3.8) is 0 Å². The molecule has 1 aromatic rings. The van der Waals surface area contributed by atoms with Gasteiger partial charge in [0, 0.05) is 11.6 Å². The molecule has 4 aliphatic rings. The average Bonchev–Trinajstić information content (AvgIpc) is 2.90. The van der Waals surface area contributed by atoms with Crippen molar-refractivity contribution in [1.29, 1.82) is 0 Å². The van der Waals surface area contributed by atoms with E-state index in [1.165, 1.54) is 31.4 Å². The predicted molar refractivity (Wildman–Crippen MR) is 139 cm³/mol. The molecule has 5 rings (SSSR count). The van der Waals surface area contributed by atoms with Gasteiger partial charge in [-0.05, 0) is 62.5 Å². The summed E-state index contributed by atoms with van der Waals surface area (Å²) in [6.45, 7) is 1.76. The Hall–Kier alpha value is -2.46. The predicted octanol–water partition coefficient (Wildman–Crippen LogP) is 4.58. The van der Waals surface area contributed by atoms with Crippen molar-refractivity contribution in [1.82, 2.24) is 10.6 Å². The largest absolute Gasteiger partial charge is 0.484 e. The lowest BCUT2D eigenvalue weighted by Crippen LogP contribution is -2.70. The van der Waals surface area contributed by atoms with Gasteiger partial charge >= 0.3 is 0 Å². The molecule has 3 atom stereocenters. The van der Waals surface area contributed by atoms with E-state index in [0.717, 1.165) is 18.9 Å². The quantitative estimate of drug-likeness (QED) is 0.272. The third kappa shape index (κ3) is 6.57. The maximum atomic E-state index is 13.6. The first-order valence-electron chi connectivity index (χ1n) is 13.5. The molecule has 4 fully saturated rings. The summed E-state index contributed by atoms with van der Waals surface area (Å²) >= 11 is 5.67. The Balaban J connectivity index is 1.31. The molecule has 0 spiro atoms. The monoisotopic (exact) mass is 553 g/mol. The number of aliphatic hydroxyl groups excluding tert-OH is 1. The van der Waals surface area contributed by atoms with Crippen LogP contribution in [0.15, 0.2) is 23.5 Å². The second-order valence-electron chi connectivity index (χ2n) is 11.3. The molecule has 2 bridgehead atoms. The van der Waals surface area contributed by atoms with E-state index in [1.54, 1.807) is 0 Å². The van der Waals surface area contributed by atoms with E-state index in [-0.39, 0.29) is 35.6 Å². The van der Waals surface area contributed by atoms with Crippen molar-refractivity contribution in [2.75, 3.05) is 6.61 Å². The van der Waals surface area contributed by atoms with Crippen molar-refractivity contribution in [2.45, 2.75) is 101 Å². The molecule has 210 valence electrons. The molecule has 11 heteroatoms. The first-order valence-corrected chi connectivity index (χ1v) is 13.9. The molecule has 4 saturated carbocycles. The van der Waals surface area contributed by atoms with E-state index >= 15 is 0 Å². The first-order chi connectivity index (χ1) is 18.2. The van der Waals surface area contributed by atoms with E-state index in [0.29, 0.717) is 38.0 Å². The lowest BCUT2D eigenvalue weighted by molar-refractivity contribution is -0.143. The number of carbonyl (C=O) groups excluding carboxylic acids is 2. The molecule has 0 aliphatic heterocycles. The van der Waals surface area contributed by atoms with Crippen LogP contribution in [0.3, 0.4) is 0 Å². The molecule has 38 heavy (non-hydrogen) atoms. The van der Waals surface area contributed by atoms with Crippen LogP contribution in [0.5, 0.6) is 5.75 Å². The van der Waals surface area contributed by atoms with Gasteiger partial charge in [-0.15, -0.1) is 4.91 Å². The Morgan fingerprint density at radius 1 is 1.18 bits per heavy atom. The van der Waals surface area contributed by atoms with Gasteiger partial charge in [-0.25, -0.2) is 4.39 Å². The lowest BCUT2D eigenvalue weighted by Gasteiger charge is -2.56. The number of aliphatic hydroxyl groups is 1. The lowest BCUT2D eigenvalue weighted by atomic mass is 9.59. The van der Waals surface area contributed by atoms with E-state index in [2.05, 4.69) is 22.9 Å². The van der Waals surface area contributed by atoms with Crippen molar-refractivity contribution < 1.29 is 28.7 Å². The van der Waals surface area contributed by atoms with Gasteiger partial charge in [0.25, 0.3) is 11.8 Å². The molecule has 3 unspecified atom stereocenters. The minimum Gasteiger partial charge on any atom is -0.484 e. The van der Waals surface area contributed by atoms with Gasteiger partial charge in [0.05, 0.1) is 16.7 Å². The highest BCUT2D eigenvalue weighted by Crippen LogP contribution is 2.47. The zero-order valence-electron chi connectivity index (χ0n) is 21.7. The minimum atomic E-state index is -0.973. The Bertz CT molecular complexity index is 1010. The molecule has 2 amide bonds. The van der Waals surface area contributed by atoms with Gasteiger partial charge in [-0.3, -0.25) is 9.59 Å². The highest BCUT2D eigenvalue weighted by atomic mass is 35.5. The summed E-state index contributed by atoms with van der Waals surface area (Å²) in [5, 5.41) is 19.5. The van der Waals surface area contributed by atoms with Crippen molar-refractivity contribution in [3.05, 3.63) is 33.9 Å². The van der Waals surface area contributed by atoms with Crippen LogP contribution >= 0.6 is 11.6 Å². The second-order valence-corrected chi connectivity index (χ2v) is 11.7. The van der Waals surface area contributed by atoms with Gasteiger partial charge in [-0.2, -0.15) is 0 Å². The van der Waals surface area contributed by atoms with Crippen molar-refractivity contribution in [2.24, 2.45) is 17.2 Å². The summed E-state index contributed by atoms with van der Waals surface area (Å²) in [5.41, 5.74) is -1.47. The maximum Gasteiger partial charge on any atom is 0.264 e. The number of halogens is 2. The van der Waals surface area contributed by atoms with Gasteiger partial charge in [0.15, 0.2) is 11.9 Å². The fourth-order valence-corrected chi connectivity index (χ4v) is 6.63. The van der Waals surface area contributed by atoms with Gasteiger partial charge in [-0.1, -0.05) is 50.6 Å². The van der Waals surface area contributed by atoms with E-state index in [1.807, 2.05) is 0 Å². The Morgan fingerprint density at radius 3 is 2.53 bits per heavy atom. The van der Waals surface area contributed by atoms with Crippen LogP contribution in [0.1, 0.15) is 77.6 Å². The summed E-state index contributed by atoms with van der Waals surface area (Å²) in [7, 11) is 0. The normalized spacial score (nSPS) is 28.7. The summed E-state index contributed by atoms with van der Waals surface area (Å²) in [5.74, 6) is -0.555. The molecular formula is C27H37ClFN3O6. The third-order valence-electron chi connectivity index (χ3n) is 8.86. The number of nitrogens with zero attached hydrogens (tertiary/aromatic N) is 1. The van der Waals surface area contributed by atoms with E-state index in [9.17, 15) is 24.0 Å². The number of nitrogens with one attached hydrogen (secondary N) is 2. The van der Waals surface area contributed by atoms with Crippen LogP contribution in [-0.2, 0) is 14.4 Å². The first kappa shape index (κ1) is 28.5. The number of hydrogen-bond acceptors (Lipinski definition) is 7. The van der Waals surface area contributed by atoms with E-state index in [4.69, 9.17) is 21.2 Å². The molecule has 4 aliphatic carbocycles. The van der Waals surface area contributed by atoms with Crippen molar-refractivity contribution >= 4 is 23.4 Å². The molecule has 0 aromatic heterocycles. The topological polar surface area (TPSA) is 126 Å². The van der Waals surface area contributed by atoms with Crippen LogP contribution < -0.4 is 15.4 Å². The highest BCUT2D eigenvalue weighted by molar-refractivity contribution is 6.30. The Morgan fingerprint density at radius 2 is 1.89 bits per heavy atom. The fourth-order valence-electron chi connectivity index (χ4n) is 6.52. The summed E-state index contributed by atoms with van der Waals surface area (Å²) < 4.78 is 19.0. The molecular weight excluding hydrogens is 517 g/mol. The van der Waals surface area contributed by atoms with Gasteiger partial charge in [0.2, 0.25) is 6.10 Å². The van der Waals surface area contributed by atoms with Crippen molar-refractivity contribution in [3.8, 4) is 5.75 Å². The standard InChI is InChI=1S/C27H37ClFN3O6/c1-17(18-5-3-2-4-6-18)13-22(38-32-36)25(35)31-26-9-11-27(12-10-26,23(33)15-26)30-24(34)16-37-19-7-8-20(28)21(29)14-19/h7-8,14,17-18,22-23,33H,2-6,9-13,15-16H2,1H3,(H,30,34)(H,31,35). The number of benzene rings is 1. The SMILES string of the molecule is CC(CC(ON=O)C(=O)NC12CCC(NC(=O)COc3ccc(Cl)c(F)c3)(CC1)C(O)C2)C1CCCCC1. The van der Waals surface area contributed by atoms with Crippen LogP contribution in [0, 0.1) is 22.6 Å². The molecule has 9 nitrogen and oxygen atoms in total. The third-order valence-corrected chi connectivity index (χ3v) is 9.17. The van der Waals surface area contributed by atoms with Crippen LogP contribution in [0.25, 0.3) is 0 Å². The molecule has 1 aromatic carbocycles. The number of amides is 2. The molecule has 0 radical (unpaired) electrons. The molecule has 0 heterocycles. The number of ether oxygens (including phenoxy) is 1. The van der Waals surface area contributed by atoms with Gasteiger partial charge < -0.3 is 25.3 Å². The number of hydrogen-bond donors (Lipinski definition) is 3. The maximum absolute atomic E-state index is 13.6. The number of fused-ring (bicyclic) bond motifs is 3. The number of rotatable bonds is 11. The van der Waals surface area contributed by atoms with Crippen LogP contribution in [0.4, 0.5) is 4.39 Å². The highest BCUT2D eigenvalue weighted by Gasteiger charge is 2.55. The van der Waals surface area contributed by atoms with Crippen LogP contribution in [-0.4, -0.2) is 46.8 Å². The smallest absolute Gasteiger partial charge is 0.264 e. The second kappa shape index (κ2) is 12.2. The van der Waals surface area contributed by atoms with Crippen LogP contribution in [0.2, 0.25) is 5.02 Å². The Labute approximate surface area is 227 Å². The van der Waals surface area contributed by atoms with Gasteiger partial charge in [0.1, 0.15) is 11.6 Å². The average molecular weight is 554 g/mol. The Kier molecular flexibility index (Phi) is 9.13. The summed E-state index contributed by atoms with van der Waals surface area (Å²) in [6.07, 6.45) is 6.71. The fraction of sp³-hybridized carbons (Fsp3) is 0.704. The zero-order chi connectivity index (χ0) is 27.3. The number of carbonyl (C=O) groups is 2.